The highest BCUT2D eigenvalue weighted by Gasteiger charge is 2.13. The Morgan fingerprint density at radius 3 is 2.40 bits per heavy atom. The monoisotopic (exact) mass is 319 g/mol. The van der Waals surface area contributed by atoms with Crippen LogP contribution < -0.4 is 4.72 Å². The molecular weight excluding hydrogens is 302 g/mol. The molecule has 0 saturated heterocycles. The number of carboxylic acids is 1. The lowest BCUT2D eigenvalue weighted by Gasteiger charge is -2.07. The molecule has 0 aliphatic heterocycles. The van der Waals surface area contributed by atoms with E-state index in [2.05, 4.69) is 4.72 Å². The number of nitrogens with one attached hydrogen (secondary N) is 1. The Morgan fingerprint density at radius 1 is 1.30 bits per heavy atom. The van der Waals surface area contributed by atoms with E-state index in [1.807, 2.05) is 0 Å². The number of benzene rings is 1. The Labute approximate surface area is 120 Å². The summed E-state index contributed by atoms with van der Waals surface area (Å²) in [5, 5.41) is 8.63. The van der Waals surface area contributed by atoms with Gasteiger partial charge in [0, 0.05) is 28.9 Å². The van der Waals surface area contributed by atoms with Gasteiger partial charge in [0.25, 0.3) is 0 Å². The summed E-state index contributed by atoms with van der Waals surface area (Å²) in [6.07, 6.45) is -0.150. The summed E-state index contributed by atoms with van der Waals surface area (Å²) >= 11 is 0. The molecule has 1 atom stereocenters. The fourth-order valence-electron chi connectivity index (χ4n) is 1.48. The summed E-state index contributed by atoms with van der Waals surface area (Å²) < 4.78 is 37.4. The summed E-state index contributed by atoms with van der Waals surface area (Å²) in [4.78, 5) is 10.6. The average Bonchev–Trinajstić information content (AvgIpc) is 2.38. The second kappa shape index (κ2) is 7.51. The second-order valence-electron chi connectivity index (χ2n) is 4.04. The average molecular weight is 319 g/mol. The Hall–Kier alpha value is -1.25. The molecule has 0 spiro atoms. The van der Waals surface area contributed by atoms with E-state index < -0.39 is 26.8 Å². The van der Waals surface area contributed by atoms with Crippen molar-refractivity contribution in [2.24, 2.45) is 0 Å². The number of sulfonamides is 1. The molecule has 1 aromatic carbocycles. The topological polar surface area (TPSA) is 101 Å². The highest BCUT2D eigenvalue weighted by atomic mass is 32.2. The second-order valence-corrected chi connectivity index (χ2v) is 7.68. The van der Waals surface area contributed by atoms with Crippen LogP contribution in [0.5, 0.6) is 0 Å². The van der Waals surface area contributed by atoms with Gasteiger partial charge in [-0.15, -0.1) is 0 Å². The lowest BCUT2D eigenvalue weighted by molar-refractivity contribution is -0.136. The van der Waals surface area contributed by atoms with Gasteiger partial charge in [-0.05, 0) is 17.7 Å². The zero-order valence-electron chi connectivity index (χ0n) is 11.0. The summed E-state index contributed by atoms with van der Waals surface area (Å²) in [7, 11) is -4.66. The Bertz CT molecular complexity index is 580. The number of aliphatic carboxylic acids is 1. The molecule has 0 fully saturated rings. The molecule has 0 saturated carbocycles. The molecule has 1 rings (SSSR count). The molecule has 0 aliphatic carbocycles. The molecule has 0 radical (unpaired) electrons. The van der Waals surface area contributed by atoms with Crippen LogP contribution in [0.2, 0.25) is 0 Å². The molecule has 1 unspecified atom stereocenters. The van der Waals surface area contributed by atoms with Gasteiger partial charge in [-0.3, -0.25) is 9.00 Å². The van der Waals surface area contributed by atoms with E-state index in [1.165, 1.54) is 24.3 Å². The molecule has 2 N–H and O–H groups in total. The fraction of sp³-hybridized carbons (Fsp3) is 0.417. The standard InChI is InChI=1S/C12H17NO5S2/c1-2-19(16)8-7-13-20(17,18)11-5-3-10(4-6-11)9-12(14)15/h3-6,13H,2,7-9H2,1H3,(H,14,15). The maximum Gasteiger partial charge on any atom is 0.307 e. The van der Waals surface area contributed by atoms with Gasteiger partial charge in [-0.2, -0.15) is 0 Å². The van der Waals surface area contributed by atoms with E-state index in [4.69, 9.17) is 5.11 Å². The van der Waals surface area contributed by atoms with Gasteiger partial charge in [-0.25, -0.2) is 13.1 Å². The van der Waals surface area contributed by atoms with E-state index in [0.29, 0.717) is 11.3 Å². The first kappa shape index (κ1) is 16.8. The molecule has 0 amide bonds. The predicted octanol–water partition coefficient (Wildman–Crippen LogP) is 0.361. The first-order valence-electron chi connectivity index (χ1n) is 6.00. The van der Waals surface area contributed by atoms with Crippen LogP contribution in [0.3, 0.4) is 0 Å². The smallest absolute Gasteiger partial charge is 0.307 e. The zero-order valence-corrected chi connectivity index (χ0v) is 12.7. The van der Waals surface area contributed by atoms with Gasteiger partial charge >= 0.3 is 5.97 Å². The third-order valence-electron chi connectivity index (χ3n) is 2.53. The minimum Gasteiger partial charge on any atom is -0.481 e. The normalized spacial score (nSPS) is 13.1. The maximum absolute atomic E-state index is 11.9. The van der Waals surface area contributed by atoms with Crippen LogP contribution in [-0.2, 0) is 32.0 Å². The number of hydrogen-bond donors (Lipinski definition) is 2. The predicted molar refractivity (Wildman–Crippen MR) is 76.5 cm³/mol. The molecule has 112 valence electrons. The van der Waals surface area contributed by atoms with Crippen molar-refractivity contribution in [3.05, 3.63) is 29.8 Å². The van der Waals surface area contributed by atoms with Crippen LogP contribution in [0.1, 0.15) is 12.5 Å². The van der Waals surface area contributed by atoms with E-state index in [0.717, 1.165) is 0 Å². The third-order valence-corrected chi connectivity index (χ3v) is 5.31. The first-order valence-corrected chi connectivity index (χ1v) is 8.97. The lowest BCUT2D eigenvalue weighted by atomic mass is 10.2. The third kappa shape index (κ3) is 5.40. The van der Waals surface area contributed by atoms with Crippen molar-refractivity contribution in [3.63, 3.8) is 0 Å². The summed E-state index contributed by atoms with van der Waals surface area (Å²) in [6, 6.07) is 5.65. The lowest BCUT2D eigenvalue weighted by Crippen LogP contribution is -2.28. The van der Waals surface area contributed by atoms with Crippen molar-refractivity contribution in [1.82, 2.24) is 4.72 Å². The largest absolute Gasteiger partial charge is 0.481 e. The van der Waals surface area contributed by atoms with Crippen molar-refractivity contribution >= 4 is 26.8 Å². The van der Waals surface area contributed by atoms with Crippen molar-refractivity contribution < 1.29 is 22.5 Å². The van der Waals surface area contributed by atoms with Crippen molar-refractivity contribution in [2.75, 3.05) is 18.1 Å². The van der Waals surface area contributed by atoms with Crippen molar-refractivity contribution in [1.29, 1.82) is 0 Å². The minimum atomic E-state index is -3.64. The van der Waals surface area contributed by atoms with Crippen LogP contribution in [-0.4, -0.2) is 41.8 Å². The van der Waals surface area contributed by atoms with Crippen LogP contribution in [0, 0.1) is 0 Å². The number of carbonyl (C=O) groups is 1. The molecular formula is C12H17NO5S2. The zero-order chi connectivity index (χ0) is 15.2. The number of rotatable bonds is 8. The van der Waals surface area contributed by atoms with Crippen LogP contribution in [0.4, 0.5) is 0 Å². The van der Waals surface area contributed by atoms with E-state index in [-0.39, 0.29) is 23.6 Å². The highest BCUT2D eigenvalue weighted by molar-refractivity contribution is 7.89. The van der Waals surface area contributed by atoms with Crippen molar-refractivity contribution in [2.45, 2.75) is 18.2 Å². The molecule has 8 heteroatoms. The van der Waals surface area contributed by atoms with E-state index >= 15 is 0 Å². The van der Waals surface area contributed by atoms with Crippen LogP contribution in [0.25, 0.3) is 0 Å². The van der Waals surface area contributed by atoms with Gasteiger partial charge in [0.1, 0.15) is 0 Å². The minimum absolute atomic E-state index is 0.0638. The highest BCUT2D eigenvalue weighted by Crippen LogP contribution is 2.10. The molecule has 6 nitrogen and oxygen atoms in total. The molecule has 0 bridgehead atoms. The summed E-state index contributed by atoms with van der Waals surface area (Å²) in [5.74, 6) is -0.209. The number of carboxylic acid groups (broad SMARTS) is 1. The molecule has 0 aromatic heterocycles. The fourth-order valence-corrected chi connectivity index (χ4v) is 3.26. The Balaban J connectivity index is 2.68. The SMILES string of the molecule is CCS(=O)CCNS(=O)(=O)c1ccc(CC(=O)O)cc1. The summed E-state index contributed by atoms with van der Waals surface area (Å²) in [5.41, 5.74) is 0.531. The van der Waals surface area contributed by atoms with Gasteiger partial charge in [-0.1, -0.05) is 19.1 Å². The van der Waals surface area contributed by atoms with Gasteiger partial charge in [0.2, 0.25) is 10.0 Å². The quantitative estimate of drug-likeness (QED) is 0.720. The van der Waals surface area contributed by atoms with E-state index in [1.54, 1.807) is 6.92 Å². The first-order chi connectivity index (χ1) is 9.35. The van der Waals surface area contributed by atoms with Gasteiger partial charge in [0.15, 0.2) is 0 Å². The molecule has 0 heterocycles. The van der Waals surface area contributed by atoms with Crippen LogP contribution in [0.15, 0.2) is 29.2 Å². The Kier molecular flexibility index (Phi) is 6.31. The Morgan fingerprint density at radius 2 is 1.90 bits per heavy atom. The molecule has 0 aliphatic rings. The van der Waals surface area contributed by atoms with Crippen LogP contribution >= 0.6 is 0 Å². The maximum atomic E-state index is 11.9. The van der Waals surface area contributed by atoms with E-state index in [9.17, 15) is 17.4 Å². The van der Waals surface area contributed by atoms with Gasteiger partial charge in [0.05, 0.1) is 11.3 Å². The van der Waals surface area contributed by atoms with Gasteiger partial charge < -0.3 is 5.11 Å². The number of hydrogen-bond acceptors (Lipinski definition) is 4. The molecule has 20 heavy (non-hydrogen) atoms. The molecule has 1 aromatic rings. The van der Waals surface area contributed by atoms with Crippen molar-refractivity contribution in [3.8, 4) is 0 Å². The summed E-state index contributed by atoms with van der Waals surface area (Å²) in [6.45, 7) is 1.88.